The zero-order valence-corrected chi connectivity index (χ0v) is 12.5. The smallest absolute Gasteiger partial charge is 0.192 e. The van der Waals surface area contributed by atoms with Crippen LogP contribution in [0.1, 0.15) is 25.7 Å². The molecule has 2 aromatic rings. The van der Waals surface area contributed by atoms with Crippen LogP contribution in [-0.2, 0) is 0 Å². The lowest BCUT2D eigenvalue weighted by Crippen LogP contribution is -2.39. The summed E-state index contributed by atoms with van der Waals surface area (Å²) in [5.41, 5.74) is 2.92. The highest BCUT2D eigenvalue weighted by molar-refractivity contribution is 5.77. The van der Waals surface area contributed by atoms with Crippen molar-refractivity contribution >= 4 is 16.8 Å². The van der Waals surface area contributed by atoms with Gasteiger partial charge in [0.1, 0.15) is 5.52 Å². The largest absolute Gasteiger partial charge is 0.441 e. The molecule has 0 saturated carbocycles. The molecule has 3 rings (SSSR count). The highest BCUT2D eigenvalue weighted by Gasteiger charge is 2.22. The molecule has 2 unspecified atom stereocenters. The van der Waals surface area contributed by atoms with Gasteiger partial charge in [-0.1, -0.05) is 0 Å². The molecule has 4 heteroatoms. The average molecular weight is 273 g/mol. The van der Waals surface area contributed by atoms with Gasteiger partial charge in [0.05, 0.1) is 0 Å². The molecule has 20 heavy (non-hydrogen) atoms. The van der Waals surface area contributed by atoms with E-state index in [1.807, 2.05) is 13.0 Å². The third-order valence-electron chi connectivity index (χ3n) is 4.26. The Hall–Kier alpha value is -1.55. The summed E-state index contributed by atoms with van der Waals surface area (Å²) >= 11 is 0. The molecular weight excluding hydrogens is 250 g/mol. The van der Waals surface area contributed by atoms with E-state index in [9.17, 15) is 0 Å². The Kier molecular flexibility index (Phi) is 3.66. The zero-order valence-electron chi connectivity index (χ0n) is 12.5. The van der Waals surface area contributed by atoms with Crippen molar-refractivity contribution in [2.45, 2.75) is 32.7 Å². The van der Waals surface area contributed by atoms with Gasteiger partial charge in [-0.25, -0.2) is 4.98 Å². The summed E-state index contributed by atoms with van der Waals surface area (Å²) in [6.45, 7) is 6.57. The number of fused-ring (bicyclic) bond motifs is 1. The molecule has 0 bridgehead atoms. The molecule has 1 aliphatic heterocycles. The number of likely N-dealkylation sites (tertiary alicyclic amines) is 1. The summed E-state index contributed by atoms with van der Waals surface area (Å²) in [6, 6.07) is 6.63. The van der Waals surface area contributed by atoms with Crippen LogP contribution in [0.15, 0.2) is 22.6 Å². The number of anilines is 1. The monoisotopic (exact) mass is 273 g/mol. The molecule has 1 aromatic carbocycles. The Labute approximate surface area is 120 Å². The molecule has 2 heterocycles. The van der Waals surface area contributed by atoms with Gasteiger partial charge in [0, 0.05) is 25.2 Å². The number of hydrogen-bond acceptors (Lipinski definition) is 4. The van der Waals surface area contributed by atoms with E-state index in [1.54, 1.807) is 0 Å². The molecule has 1 aliphatic rings. The SMILES string of the molecule is Cc1nc2cc(NC(C)C3CCCN(C)C3)ccc2o1. The molecule has 0 aliphatic carbocycles. The van der Waals surface area contributed by atoms with Crippen molar-refractivity contribution in [1.82, 2.24) is 9.88 Å². The molecule has 1 N–H and O–H groups in total. The Morgan fingerprint density at radius 1 is 1.45 bits per heavy atom. The van der Waals surface area contributed by atoms with Gasteiger partial charge >= 0.3 is 0 Å². The van der Waals surface area contributed by atoms with Crippen molar-refractivity contribution in [3.8, 4) is 0 Å². The predicted octanol–water partition coefficient (Wildman–Crippen LogP) is 3.28. The molecule has 1 fully saturated rings. The first kappa shape index (κ1) is 13.4. The summed E-state index contributed by atoms with van der Waals surface area (Å²) in [4.78, 5) is 6.82. The Morgan fingerprint density at radius 2 is 2.30 bits per heavy atom. The zero-order chi connectivity index (χ0) is 14.1. The number of nitrogens with zero attached hydrogens (tertiary/aromatic N) is 2. The lowest BCUT2D eigenvalue weighted by atomic mass is 9.92. The van der Waals surface area contributed by atoms with Gasteiger partial charge in [0.2, 0.25) is 0 Å². The van der Waals surface area contributed by atoms with Crippen molar-refractivity contribution < 1.29 is 4.42 Å². The van der Waals surface area contributed by atoms with Crippen molar-refractivity contribution in [3.63, 3.8) is 0 Å². The summed E-state index contributed by atoms with van der Waals surface area (Å²) in [7, 11) is 2.21. The van der Waals surface area contributed by atoms with Crippen LogP contribution >= 0.6 is 0 Å². The van der Waals surface area contributed by atoms with Gasteiger partial charge in [0.15, 0.2) is 11.5 Å². The second-order valence-corrected chi connectivity index (χ2v) is 6.01. The topological polar surface area (TPSA) is 41.3 Å². The highest BCUT2D eigenvalue weighted by atomic mass is 16.3. The molecule has 2 atom stereocenters. The maximum absolute atomic E-state index is 5.51. The van der Waals surface area contributed by atoms with Gasteiger partial charge in [0.25, 0.3) is 0 Å². The van der Waals surface area contributed by atoms with E-state index in [0.717, 1.165) is 22.7 Å². The predicted molar refractivity (Wildman–Crippen MR) is 82.1 cm³/mol. The fourth-order valence-corrected chi connectivity index (χ4v) is 3.13. The first-order valence-electron chi connectivity index (χ1n) is 7.44. The minimum absolute atomic E-state index is 0.475. The molecule has 0 amide bonds. The Bertz CT molecular complexity index is 592. The number of nitrogens with one attached hydrogen (secondary N) is 1. The first-order chi connectivity index (χ1) is 9.61. The minimum Gasteiger partial charge on any atom is -0.441 e. The number of oxazole rings is 1. The van der Waals surface area contributed by atoms with Crippen molar-refractivity contribution in [3.05, 3.63) is 24.1 Å². The van der Waals surface area contributed by atoms with Crippen LogP contribution in [0.3, 0.4) is 0 Å². The van der Waals surface area contributed by atoms with Crippen LogP contribution in [-0.4, -0.2) is 36.1 Å². The van der Waals surface area contributed by atoms with Crippen molar-refractivity contribution in [2.75, 3.05) is 25.5 Å². The van der Waals surface area contributed by atoms with Crippen LogP contribution in [0.25, 0.3) is 11.1 Å². The molecule has 4 nitrogen and oxygen atoms in total. The Morgan fingerprint density at radius 3 is 3.10 bits per heavy atom. The molecule has 1 aromatic heterocycles. The third-order valence-corrected chi connectivity index (χ3v) is 4.26. The summed E-state index contributed by atoms with van der Waals surface area (Å²) in [5, 5.41) is 3.63. The third kappa shape index (κ3) is 2.80. The van der Waals surface area contributed by atoms with Crippen LogP contribution < -0.4 is 5.32 Å². The fourth-order valence-electron chi connectivity index (χ4n) is 3.13. The van der Waals surface area contributed by atoms with E-state index in [0.29, 0.717) is 12.0 Å². The second kappa shape index (κ2) is 5.44. The lowest BCUT2D eigenvalue weighted by molar-refractivity contribution is 0.197. The fraction of sp³-hybridized carbons (Fsp3) is 0.562. The van der Waals surface area contributed by atoms with E-state index in [1.165, 1.54) is 25.9 Å². The van der Waals surface area contributed by atoms with Crippen LogP contribution in [0.5, 0.6) is 0 Å². The number of benzene rings is 1. The number of hydrogen-bond donors (Lipinski definition) is 1. The van der Waals surface area contributed by atoms with E-state index >= 15 is 0 Å². The van der Waals surface area contributed by atoms with Gasteiger partial charge in [-0.2, -0.15) is 0 Å². The van der Waals surface area contributed by atoms with Crippen molar-refractivity contribution in [2.24, 2.45) is 5.92 Å². The van der Waals surface area contributed by atoms with Crippen LogP contribution in [0, 0.1) is 12.8 Å². The quantitative estimate of drug-likeness (QED) is 0.932. The maximum Gasteiger partial charge on any atom is 0.192 e. The second-order valence-electron chi connectivity index (χ2n) is 6.01. The van der Waals surface area contributed by atoms with Crippen LogP contribution in [0.4, 0.5) is 5.69 Å². The molecule has 0 spiro atoms. The van der Waals surface area contributed by atoms with E-state index in [4.69, 9.17) is 4.42 Å². The van der Waals surface area contributed by atoms with Gasteiger partial charge < -0.3 is 14.6 Å². The number of rotatable bonds is 3. The summed E-state index contributed by atoms with van der Waals surface area (Å²) < 4.78 is 5.51. The van der Waals surface area contributed by atoms with Gasteiger partial charge in [-0.15, -0.1) is 0 Å². The van der Waals surface area contributed by atoms with E-state index < -0.39 is 0 Å². The summed E-state index contributed by atoms with van der Waals surface area (Å²) in [6.07, 6.45) is 2.61. The van der Waals surface area contributed by atoms with Gasteiger partial charge in [-0.05, 0) is 57.5 Å². The molecule has 0 radical (unpaired) electrons. The normalized spacial score (nSPS) is 22.1. The summed E-state index contributed by atoms with van der Waals surface area (Å²) in [5.74, 6) is 1.43. The number of aromatic nitrogens is 1. The minimum atomic E-state index is 0.475. The lowest BCUT2D eigenvalue weighted by Gasteiger charge is -2.34. The highest BCUT2D eigenvalue weighted by Crippen LogP contribution is 2.24. The van der Waals surface area contributed by atoms with Gasteiger partial charge in [-0.3, -0.25) is 0 Å². The first-order valence-corrected chi connectivity index (χ1v) is 7.44. The van der Waals surface area contributed by atoms with E-state index in [2.05, 4.69) is 41.3 Å². The molecule has 1 saturated heterocycles. The van der Waals surface area contributed by atoms with E-state index in [-0.39, 0.29) is 0 Å². The maximum atomic E-state index is 5.51. The van der Waals surface area contributed by atoms with Crippen LogP contribution in [0.2, 0.25) is 0 Å². The molecule has 108 valence electrons. The standard InChI is InChI=1S/C16H23N3O/c1-11(13-5-4-8-19(3)10-13)17-14-6-7-16-15(9-14)18-12(2)20-16/h6-7,9,11,13,17H,4-5,8,10H2,1-3H3. The average Bonchev–Trinajstić information content (AvgIpc) is 2.78. The molecular formula is C16H23N3O. The number of piperidine rings is 1. The van der Waals surface area contributed by atoms with Crippen molar-refractivity contribution in [1.29, 1.82) is 0 Å². The Balaban J connectivity index is 1.71. The number of aryl methyl sites for hydroxylation is 1.